The molecule has 2 amide bonds. The van der Waals surface area contributed by atoms with Crippen LogP contribution in [0.15, 0.2) is 24.4 Å². The van der Waals surface area contributed by atoms with Crippen LogP contribution in [0.5, 0.6) is 0 Å². The molecule has 0 unspecified atom stereocenters. The van der Waals surface area contributed by atoms with Gasteiger partial charge in [-0.05, 0) is 62.3 Å². The maximum Gasteiger partial charge on any atom is 0.253 e. The molecule has 0 saturated carbocycles. The van der Waals surface area contributed by atoms with Crippen LogP contribution in [-0.4, -0.2) is 45.0 Å². The SMILES string of the molecule is CC(=O)Nc1cn[nH]c1[C@H]1CCCN(C(=O)c2ccc3[nH]c4c(c3c2)CCCC4)C1. The smallest absolute Gasteiger partial charge is 0.253 e. The van der Waals surface area contributed by atoms with Crippen LogP contribution < -0.4 is 5.32 Å². The second-order valence-corrected chi connectivity index (χ2v) is 8.52. The predicted octanol–water partition coefficient (Wildman–Crippen LogP) is 3.75. The van der Waals surface area contributed by atoms with E-state index in [4.69, 9.17) is 0 Å². The van der Waals surface area contributed by atoms with Gasteiger partial charge in [-0.1, -0.05) is 0 Å². The molecule has 5 rings (SSSR count). The molecular weight excluding hydrogens is 378 g/mol. The molecule has 7 nitrogen and oxygen atoms in total. The summed E-state index contributed by atoms with van der Waals surface area (Å²) >= 11 is 0. The Labute approximate surface area is 175 Å². The molecule has 3 aromatic rings. The Morgan fingerprint density at radius 2 is 2.07 bits per heavy atom. The van der Waals surface area contributed by atoms with Crippen LogP contribution in [0.25, 0.3) is 10.9 Å². The van der Waals surface area contributed by atoms with Crippen LogP contribution in [0.2, 0.25) is 0 Å². The van der Waals surface area contributed by atoms with E-state index in [2.05, 4.69) is 26.6 Å². The number of hydrogen-bond acceptors (Lipinski definition) is 3. The fraction of sp³-hybridized carbons (Fsp3) is 0.435. The quantitative estimate of drug-likeness (QED) is 0.619. The molecule has 7 heteroatoms. The maximum absolute atomic E-state index is 13.3. The monoisotopic (exact) mass is 405 g/mol. The van der Waals surface area contributed by atoms with Crippen molar-refractivity contribution in [2.75, 3.05) is 18.4 Å². The molecule has 0 radical (unpaired) electrons. The van der Waals surface area contributed by atoms with Gasteiger partial charge < -0.3 is 15.2 Å². The molecule has 1 aliphatic carbocycles. The molecule has 30 heavy (non-hydrogen) atoms. The van der Waals surface area contributed by atoms with Crippen molar-refractivity contribution in [3.63, 3.8) is 0 Å². The molecule has 1 aliphatic heterocycles. The molecule has 3 heterocycles. The molecule has 156 valence electrons. The Hall–Kier alpha value is -3.09. The number of aromatic nitrogens is 3. The van der Waals surface area contributed by atoms with Gasteiger partial charge >= 0.3 is 0 Å². The largest absolute Gasteiger partial charge is 0.358 e. The first-order valence-corrected chi connectivity index (χ1v) is 10.8. The van der Waals surface area contributed by atoms with Gasteiger partial charge in [-0.15, -0.1) is 0 Å². The summed E-state index contributed by atoms with van der Waals surface area (Å²) in [6.07, 6.45) is 8.16. The summed E-state index contributed by atoms with van der Waals surface area (Å²) in [4.78, 5) is 30.3. The highest BCUT2D eigenvalue weighted by molar-refractivity contribution is 5.99. The molecule has 1 fully saturated rings. The van der Waals surface area contributed by atoms with Crippen molar-refractivity contribution < 1.29 is 9.59 Å². The van der Waals surface area contributed by atoms with E-state index in [0.29, 0.717) is 12.2 Å². The van der Waals surface area contributed by atoms with Gasteiger partial charge in [-0.3, -0.25) is 14.7 Å². The zero-order valence-corrected chi connectivity index (χ0v) is 17.3. The Morgan fingerprint density at radius 3 is 2.93 bits per heavy atom. The average Bonchev–Trinajstić information content (AvgIpc) is 3.36. The molecule has 1 saturated heterocycles. The minimum Gasteiger partial charge on any atom is -0.358 e. The highest BCUT2D eigenvalue weighted by atomic mass is 16.2. The third-order valence-corrected chi connectivity index (χ3v) is 6.44. The van der Waals surface area contributed by atoms with Gasteiger partial charge in [-0.25, -0.2) is 0 Å². The topological polar surface area (TPSA) is 93.9 Å². The highest BCUT2D eigenvalue weighted by Gasteiger charge is 2.28. The summed E-state index contributed by atoms with van der Waals surface area (Å²) in [6.45, 7) is 2.86. The summed E-state index contributed by atoms with van der Waals surface area (Å²) in [7, 11) is 0. The second-order valence-electron chi connectivity index (χ2n) is 8.52. The number of nitrogens with one attached hydrogen (secondary N) is 3. The number of benzene rings is 1. The first kappa shape index (κ1) is 18.9. The number of carbonyl (C=O) groups is 2. The zero-order valence-electron chi connectivity index (χ0n) is 17.3. The summed E-state index contributed by atoms with van der Waals surface area (Å²) in [5.41, 5.74) is 6.22. The van der Waals surface area contributed by atoms with Crippen molar-refractivity contribution in [2.24, 2.45) is 0 Å². The summed E-state index contributed by atoms with van der Waals surface area (Å²) in [5.74, 6) is 0.0910. The molecule has 2 aliphatic rings. The number of hydrogen-bond donors (Lipinski definition) is 3. The van der Waals surface area contributed by atoms with E-state index in [9.17, 15) is 9.59 Å². The molecule has 1 atom stereocenters. The van der Waals surface area contributed by atoms with Crippen molar-refractivity contribution >= 4 is 28.4 Å². The lowest BCUT2D eigenvalue weighted by molar-refractivity contribution is -0.114. The number of H-pyrrole nitrogens is 2. The zero-order chi connectivity index (χ0) is 20.7. The first-order valence-electron chi connectivity index (χ1n) is 10.8. The van der Waals surface area contributed by atoms with Gasteiger partial charge in [0.15, 0.2) is 0 Å². The number of nitrogens with zero attached hydrogens (tertiary/aromatic N) is 2. The minimum atomic E-state index is -0.121. The van der Waals surface area contributed by atoms with E-state index < -0.39 is 0 Å². The van der Waals surface area contributed by atoms with E-state index >= 15 is 0 Å². The molecule has 1 aromatic carbocycles. The van der Waals surface area contributed by atoms with E-state index in [1.807, 2.05) is 17.0 Å². The second kappa shape index (κ2) is 7.63. The van der Waals surface area contributed by atoms with Crippen LogP contribution in [-0.2, 0) is 17.6 Å². The third kappa shape index (κ3) is 3.38. The van der Waals surface area contributed by atoms with Crippen LogP contribution >= 0.6 is 0 Å². The van der Waals surface area contributed by atoms with E-state index in [1.54, 1.807) is 6.20 Å². The normalized spacial score (nSPS) is 19.0. The number of likely N-dealkylation sites (tertiary alicyclic amines) is 1. The average molecular weight is 406 g/mol. The van der Waals surface area contributed by atoms with Gasteiger partial charge in [0.05, 0.1) is 17.6 Å². The summed E-state index contributed by atoms with van der Waals surface area (Å²) in [5, 5.41) is 11.2. The van der Waals surface area contributed by atoms with Crippen molar-refractivity contribution in [1.82, 2.24) is 20.1 Å². The van der Waals surface area contributed by atoms with Crippen LogP contribution in [0.1, 0.15) is 65.8 Å². The van der Waals surface area contributed by atoms with Gasteiger partial charge in [-0.2, -0.15) is 5.10 Å². The lowest BCUT2D eigenvalue weighted by Crippen LogP contribution is -2.39. The lowest BCUT2D eigenvalue weighted by atomic mass is 9.93. The van der Waals surface area contributed by atoms with E-state index in [0.717, 1.165) is 49.0 Å². The Kier molecular flexibility index (Phi) is 4.81. The third-order valence-electron chi connectivity index (χ3n) is 6.44. The van der Waals surface area contributed by atoms with Gasteiger partial charge in [0.2, 0.25) is 5.91 Å². The number of amides is 2. The van der Waals surface area contributed by atoms with Crippen molar-refractivity contribution in [1.29, 1.82) is 0 Å². The van der Waals surface area contributed by atoms with Gasteiger partial charge in [0.1, 0.15) is 0 Å². The molecular formula is C23H27N5O2. The lowest BCUT2D eigenvalue weighted by Gasteiger charge is -2.32. The molecule has 0 bridgehead atoms. The molecule has 3 N–H and O–H groups in total. The number of aromatic amines is 2. The fourth-order valence-electron chi connectivity index (χ4n) is 5.02. The number of rotatable bonds is 3. The van der Waals surface area contributed by atoms with Gasteiger partial charge in [0, 0.05) is 48.1 Å². The van der Waals surface area contributed by atoms with Crippen LogP contribution in [0.4, 0.5) is 5.69 Å². The Bertz CT molecular complexity index is 1110. The Morgan fingerprint density at radius 1 is 1.20 bits per heavy atom. The minimum absolute atomic E-state index is 0.0768. The predicted molar refractivity (Wildman–Crippen MR) is 116 cm³/mol. The number of piperidine rings is 1. The van der Waals surface area contributed by atoms with Crippen LogP contribution in [0.3, 0.4) is 0 Å². The first-order chi connectivity index (χ1) is 14.6. The summed E-state index contributed by atoms with van der Waals surface area (Å²) < 4.78 is 0. The number of anilines is 1. The van der Waals surface area contributed by atoms with Crippen LogP contribution in [0, 0.1) is 0 Å². The molecule has 0 spiro atoms. The van der Waals surface area contributed by atoms with E-state index in [-0.39, 0.29) is 17.7 Å². The standard InChI is InChI=1S/C23H27N5O2/c1-14(29)25-21-12-24-27-22(21)16-5-4-10-28(13-16)23(30)15-8-9-20-18(11-15)17-6-2-3-7-19(17)26-20/h8-9,11-12,16,26H,2-7,10,13H2,1H3,(H,24,27)(H,25,29)/t16-/m0/s1. The number of aryl methyl sites for hydroxylation is 2. The molecule has 2 aromatic heterocycles. The number of fused-ring (bicyclic) bond motifs is 3. The highest BCUT2D eigenvalue weighted by Crippen LogP contribution is 2.33. The van der Waals surface area contributed by atoms with E-state index in [1.165, 1.54) is 36.4 Å². The van der Waals surface area contributed by atoms with Crippen molar-refractivity contribution in [2.45, 2.75) is 51.4 Å². The van der Waals surface area contributed by atoms with Gasteiger partial charge in [0.25, 0.3) is 5.91 Å². The van der Waals surface area contributed by atoms with Crippen molar-refractivity contribution in [3.05, 3.63) is 46.9 Å². The van der Waals surface area contributed by atoms with Crippen molar-refractivity contribution in [3.8, 4) is 0 Å². The number of carbonyl (C=O) groups excluding carboxylic acids is 2. The summed E-state index contributed by atoms with van der Waals surface area (Å²) in [6, 6.07) is 6.06. The fourth-order valence-corrected chi connectivity index (χ4v) is 5.02. The Balaban J connectivity index is 1.38. The maximum atomic E-state index is 13.3.